The highest BCUT2D eigenvalue weighted by atomic mass is 32.2. The molecule has 0 bridgehead atoms. The van der Waals surface area contributed by atoms with Crippen molar-refractivity contribution in [2.45, 2.75) is 43.5 Å². The van der Waals surface area contributed by atoms with E-state index in [1.54, 1.807) is 12.1 Å². The SMILES string of the molecule is C=CCn1c(CC)c(-c2ccc(C)cc2)c(S(=O)(=O)c2ccc(C)cc2)c1-c1ccccc1. The molecule has 0 atom stereocenters. The molecule has 1 heterocycles. The van der Waals surface area contributed by atoms with Gasteiger partial charge in [0.05, 0.1) is 10.6 Å². The fourth-order valence-corrected chi connectivity index (χ4v) is 6.06. The number of nitrogens with zero attached hydrogens (tertiary/aromatic N) is 1. The number of allylic oxidation sites excluding steroid dienone is 1. The summed E-state index contributed by atoms with van der Waals surface area (Å²) >= 11 is 0. The Morgan fingerprint density at radius 2 is 1.39 bits per heavy atom. The molecule has 0 amide bonds. The van der Waals surface area contributed by atoms with Crippen molar-refractivity contribution in [2.24, 2.45) is 0 Å². The molecular formula is C29H29NO2S. The Morgan fingerprint density at radius 1 is 0.818 bits per heavy atom. The molecule has 3 aromatic carbocycles. The molecule has 1 aromatic heterocycles. The smallest absolute Gasteiger partial charge is 0.209 e. The van der Waals surface area contributed by atoms with Gasteiger partial charge < -0.3 is 4.57 Å². The highest BCUT2D eigenvalue weighted by Crippen LogP contribution is 2.44. The number of sulfone groups is 1. The Morgan fingerprint density at radius 3 is 1.94 bits per heavy atom. The minimum Gasteiger partial charge on any atom is -0.339 e. The van der Waals surface area contributed by atoms with Crippen LogP contribution in [0.5, 0.6) is 0 Å². The van der Waals surface area contributed by atoms with Crippen molar-refractivity contribution in [1.82, 2.24) is 4.57 Å². The monoisotopic (exact) mass is 455 g/mol. The quantitative estimate of drug-likeness (QED) is 0.281. The number of aryl methyl sites for hydroxylation is 2. The predicted octanol–water partition coefficient (Wildman–Crippen LogP) is 7.02. The maximum Gasteiger partial charge on any atom is 0.209 e. The summed E-state index contributed by atoms with van der Waals surface area (Å²) in [5.41, 5.74) is 6.41. The fourth-order valence-electron chi connectivity index (χ4n) is 4.34. The summed E-state index contributed by atoms with van der Waals surface area (Å²) in [5, 5.41) is 0. The van der Waals surface area contributed by atoms with Gasteiger partial charge >= 0.3 is 0 Å². The van der Waals surface area contributed by atoms with Gasteiger partial charge in [-0.1, -0.05) is 90.9 Å². The van der Waals surface area contributed by atoms with Gasteiger partial charge in [-0.25, -0.2) is 8.42 Å². The van der Waals surface area contributed by atoms with E-state index < -0.39 is 9.84 Å². The van der Waals surface area contributed by atoms with Crippen LogP contribution in [0.15, 0.2) is 101 Å². The van der Waals surface area contributed by atoms with Gasteiger partial charge in [0.2, 0.25) is 9.84 Å². The molecule has 0 saturated carbocycles. The zero-order valence-corrected chi connectivity index (χ0v) is 20.2. The Labute approximate surface area is 197 Å². The summed E-state index contributed by atoms with van der Waals surface area (Å²) in [4.78, 5) is 0.664. The lowest BCUT2D eigenvalue weighted by Crippen LogP contribution is -2.06. The van der Waals surface area contributed by atoms with Crippen molar-refractivity contribution in [1.29, 1.82) is 0 Å². The molecule has 0 fully saturated rings. The molecule has 4 rings (SSSR count). The van der Waals surface area contributed by atoms with Crippen LogP contribution in [0, 0.1) is 13.8 Å². The van der Waals surface area contributed by atoms with Crippen LogP contribution < -0.4 is 0 Å². The minimum absolute atomic E-state index is 0.303. The van der Waals surface area contributed by atoms with E-state index in [1.165, 1.54) is 0 Å². The second-order valence-corrected chi connectivity index (χ2v) is 10.2. The van der Waals surface area contributed by atoms with Crippen LogP contribution in [0.4, 0.5) is 0 Å². The van der Waals surface area contributed by atoms with E-state index in [2.05, 4.69) is 18.1 Å². The molecular weight excluding hydrogens is 426 g/mol. The molecule has 0 N–H and O–H groups in total. The lowest BCUT2D eigenvalue weighted by Gasteiger charge is -2.13. The zero-order chi connectivity index (χ0) is 23.6. The predicted molar refractivity (Wildman–Crippen MR) is 136 cm³/mol. The third-order valence-electron chi connectivity index (χ3n) is 5.96. The summed E-state index contributed by atoms with van der Waals surface area (Å²) in [6.45, 7) is 10.5. The van der Waals surface area contributed by atoms with Crippen molar-refractivity contribution in [3.8, 4) is 22.4 Å². The molecule has 0 aliphatic heterocycles. The van der Waals surface area contributed by atoms with E-state index >= 15 is 0 Å². The third-order valence-corrected chi connectivity index (χ3v) is 7.79. The molecule has 0 unspecified atom stereocenters. The first-order chi connectivity index (χ1) is 15.9. The summed E-state index contributed by atoms with van der Waals surface area (Å²) in [6.07, 6.45) is 2.52. The van der Waals surface area contributed by atoms with Gasteiger partial charge in [-0.15, -0.1) is 6.58 Å². The topological polar surface area (TPSA) is 39.1 Å². The molecule has 0 aliphatic carbocycles. The van der Waals surface area contributed by atoms with E-state index in [-0.39, 0.29) is 0 Å². The molecule has 4 aromatic rings. The summed E-state index contributed by atoms with van der Waals surface area (Å²) in [7, 11) is -3.81. The van der Waals surface area contributed by atoms with Crippen LogP contribution >= 0.6 is 0 Å². The van der Waals surface area contributed by atoms with E-state index in [0.717, 1.165) is 33.5 Å². The highest BCUT2D eigenvalue weighted by molar-refractivity contribution is 7.91. The first-order valence-electron chi connectivity index (χ1n) is 11.2. The zero-order valence-electron chi connectivity index (χ0n) is 19.4. The Kier molecular flexibility index (Phi) is 6.39. The van der Waals surface area contributed by atoms with Gasteiger partial charge in [-0.2, -0.15) is 0 Å². The van der Waals surface area contributed by atoms with E-state index in [4.69, 9.17) is 0 Å². The first kappa shape index (κ1) is 22.8. The van der Waals surface area contributed by atoms with Crippen molar-refractivity contribution in [3.63, 3.8) is 0 Å². The second kappa shape index (κ2) is 9.24. The lowest BCUT2D eigenvalue weighted by atomic mass is 10.0. The van der Waals surface area contributed by atoms with Gasteiger partial charge in [0.15, 0.2) is 0 Å². The standard InChI is InChI=1S/C29H29NO2S/c1-5-20-30-26(6-2)27(23-16-12-21(3)13-17-23)29(28(30)24-10-8-7-9-11-24)33(31,32)25-18-14-22(4)15-19-25/h5,7-19H,1,6,20H2,2-4H3. The molecule has 0 radical (unpaired) electrons. The minimum atomic E-state index is -3.81. The average Bonchev–Trinajstić information content (AvgIpc) is 3.15. The Bertz CT molecular complexity index is 1380. The average molecular weight is 456 g/mol. The first-order valence-corrected chi connectivity index (χ1v) is 12.7. The van der Waals surface area contributed by atoms with Gasteiger partial charge in [0, 0.05) is 17.8 Å². The van der Waals surface area contributed by atoms with E-state index in [1.807, 2.05) is 86.7 Å². The van der Waals surface area contributed by atoms with Crippen molar-refractivity contribution >= 4 is 9.84 Å². The van der Waals surface area contributed by atoms with E-state index in [0.29, 0.717) is 28.5 Å². The van der Waals surface area contributed by atoms with Gasteiger partial charge in [-0.3, -0.25) is 0 Å². The van der Waals surface area contributed by atoms with Crippen LogP contribution in [0.3, 0.4) is 0 Å². The summed E-state index contributed by atoms with van der Waals surface area (Å²) in [5.74, 6) is 0. The van der Waals surface area contributed by atoms with E-state index in [9.17, 15) is 8.42 Å². The van der Waals surface area contributed by atoms with Gasteiger partial charge in [-0.05, 0) is 43.5 Å². The Hall–Kier alpha value is -3.37. The molecule has 168 valence electrons. The van der Waals surface area contributed by atoms with Crippen LogP contribution in [0.1, 0.15) is 23.7 Å². The van der Waals surface area contributed by atoms with Crippen molar-refractivity contribution in [3.05, 3.63) is 108 Å². The van der Waals surface area contributed by atoms with Crippen LogP contribution in [-0.4, -0.2) is 13.0 Å². The molecule has 4 heteroatoms. The maximum atomic E-state index is 14.2. The van der Waals surface area contributed by atoms with Crippen LogP contribution in [0.2, 0.25) is 0 Å². The number of hydrogen-bond donors (Lipinski definition) is 0. The molecule has 3 nitrogen and oxygen atoms in total. The Balaban J connectivity index is 2.17. The molecule has 0 spiro atoms. The van der Waals surface area contributed by atoms with Gasteiger partial charge in [0.25, 0.3) is 0 Å². The van der Waals surface area contributed by atoms with Crippen molar-refractivity contribution < 1.29 is 8.42 Å². The normalized spacial score (nSPS) is 11.5. The molecule has 0 aliphatic rings. The third kappa shape index (κ3) is 4.19. The number of benzene rings is 3. The maximum absolute atomic E-state index is 14.2. The number of rotatable bonds is 7. The number of aromatic nitrogens is 1. The molecule has 0 saturated heterocycles. The fraction of sp³-hybridized carbons (Fsp3) is 0.172. The van der Waals surface area contributed by atoms with Crippen LogP contribution in [-0.2, 0) is 22.8 Å². The largest absolute Gasteiger partial charge is 0.339 e. The lowest BCUT2D eigenvalue weighted by molar-refractivity contribution is 0.596. The summed E-state index contributed by atoms with van der Waals surface area (Å²) in [6, 6.07) is 25.0. The molecule has 33 heavy (non-hydrogen) atoms. The highest BCUT2D eigenvalue weighted by Gasteiger charge is 2.33. The number of hydrogen-bond acceptors (Lipinski definition) is 2. The van der Waals surface area contributed by atoms with Crippen molar-refractivity contribution in [2.75, 3.05) is 0 Å². The second-order valence-electron chi connectivity index (χ2n) is 8.30. The van der Waals surface area contributed by atoms with Crippen LogP contribution in [0.25, 0.3) is 22.4 Å². The van der Waals surface area contributed by atoms with Gasteiger partial charge in [0.1, 0.15) is 4.90 Å². The summed E-state index contributed by atoms with van der Waals surface area (Å²) < 4.78 is 30.6.